The summed E-state index contributed by atoms with van der Waals surface area (Å²) < 4.78 is 21.3. The van der Waals surface area contributed by atoms with E-state index in [-0.39, 0.29) is 12.4 Å². The topological polar surface area (TPSA) is 83.7 Å². The quantitative estimate of drug-likeness (QED) is 0.569. The van der Waals surface area contributed by atoms with Gasteiger partial charge in [-0.05, 0) is 25.0 Å². The molecule has 7 heteroatoms. The van der Waals surface area contributed by atoms with Gasteiger partial charge in [-0.25, -0.2) is 0 Å². The van der Waals surface area contributed by atoms with Gasteiger partial charge in [-0.1, -0.05) is 12.1 Å². The van der Waals surface area contributed by atoms with Crippen LogP contribution in [0.3, 0.4) is 0 Å². The van der Waals surface area contributed by atoms with Crippen molar-refractivity contribution in [3.63, 3.8) is 0 Å². The maximum atomic E-state index is 11.9. The normalized spacial score (nSPS) is 12.9. The van der Waals surface area contributed by atoms with Crippen LogP contribution in [0.15, 0.2) is 22.7 Å². The molecule has 0 spiro atoms. The predicted octanol–water partition coefficient (Wildman–Crippen LogP) is 2.72. The van der Waals surface area contributed by atoms with Crippen molar-refractivity contribution in [1.29, 1.82) is 0 Å². The number of aromatic nitrogens is 2. The van der Waals surface area contributed by atoms with E-state index in [4.69, 9.17) is 18.7 Å². The molecule has 0 unspecified atom stereocenters. The maximum Gasteiger partial charge on any atom is 0.311 e. The highest BCUT2D eigenvalue weighted by Crippen LogP contribution is 2.33. The van der Waals surface area contributed by atoms with Crippen LogP contribution in [0, 0.1) is 0 Å². The SMILES string of the molecule is CCCc1noc(CCCC(=O)Oc2ccc3c(c2)OCCO3)n1. The molecule has 128 valence electrons. The lowest BCUT2D eigenvalue weighted by Gasteiger charge is -2.18. The Hall–Kier alpha value is -2.57. The second-order valence-corrected chi connectivity index (χ2v) is 5.49. The molecule has 2 heterocycles. The third kappa shape index (κ3) is 4.24. The molecule has 2 aromatic rings. The van der Waals surface area contributed by atoms with E-state index < -0.39 is 0 Å². The Balaban J connectivity index is 1.45. The lowest BCUT2D eigenvalue weighted by Crippen LogP contribution is -2.15. The van der Waals surface area contributed by atoms with Gasteiger partial charge in [-0.2, -0.15) is 4.98 Å². The van der Waals surface area contributed by atoms with E-state index in [2.05, 4.69) is 17.1 Å². The highest BCUT2D eigenvalue weighted by molar-refractivity contribution is 5.72. The number of nitrogens with zero attached hydrogens (tertiary/aromatic N) is 2. The number of fused-ring (bicyclic) bond motifs is 1. The fourth-order valence-electron chi connectivity index (χ4n) is 2.37. The number of ether oxygens (including phenoxy) is 3. The van der Waals surface area contributed by atoms with Crippen molar-refractivity contribution in [2.75, 3.05) is 13.2 Å². The highest BCUT2D eigenvalue weighted by atomic mass is 16.6. The molecule has 0 saturated heterocycles. The zero-order valence-electron chi connectivity index (χ0n) is 13.6. The molecule has 0 N–H and O–H groups in total. The summed E-state index contributed by atoms with van der Waals surface area (Å²) in [6, 6.07) is 5.10. The van der Waals surface area contributed by atoms with Crippen LogP contribution in [-0.2, 0) is 17.6 Å². The van der Waals surface area contributed by atoms with Gasteiger partial charge in [0.15, 0.2) is 17.3 Å². The molecule has 0 aliphatic carbocycles. The van der Waals surface area contributed by atoms with E-state index in [0.29, 0.717) is 55.0 Å². The monoisotopic (exact) mass is 332 g/mol. The number of hydrogen-bond acceptors (Lipinski definition) is 7. The first-order chi connectivity index (χ1) is 11.7. The Morgan fingerprint density at radius 1 is 1.21 bits per heavy atom. The van der Waals surface area contributed by atoms with Gasteiger partial charge >= 0.3 is 5.97 Å². The summed E-state index contributed by atoms with van der Waals surface area (Å²) >= 11 is 0. The maximum absolute atomic E-state index is 11.9. The van der Waals surface area contributed by atoms with Gasteiger partial charge in [0.1, 0.15) is 19.0 Å². The van der Waals surface area contributed by atoms with Gasteiger partial charge in [0, 0.05) is 25.3 Å². The van der Waals surface area contributed by atoms with Crippen LogP contribution in [0.4, 0.5) is 0 Å². The highest BCUT2D eigenvalue weighted by Gasteiger charge is 2.14. The zero-order valence-corrected chi connectivity index (χ0v) is 13.6. The van der Waals surface area contributed by atoms with Gasteiger partial charge < -0.3 is 18.7 Å². The van der Waals surface area contributed by atoms with Crippen LogP contribution < -0.4 is 14.2 Å². The molecule has 0 atom stereocenters. The second-order valence-electron chi connectivity index (χ2n) is 5.49. The molecule has 1 aliphatic heterocycles. The summed E-state index contributed by atoms with van der Waals surface area (Å²) in [6.07, 6.45) is 3.21. The van der Waals surface area contributed by atoms with Crippen molar-refractivity contribution in [3.05, 3.63) is 29.9 Å². The number of esters is 1. The zero-order chi connectivity index (χ0) is 16.8. The smallest absolute Gasteiger partial charge is 0.311 e. The van der Waals surface area contributed by atoms with Crippen molar-refractivity contribution < 1.29 is 23.5 Å². The molecule has 3 rings (SSSR count). The molecule has 0 amide bonds. The fourth-order valence-corrected chi connectivity index (χ4v) is 2.37. The summed E-state index contributed by atoms with van der Waals surface area (Å²) in [6.45, 7) is 3.08. The van der Waals surface area contributed by atoms with Gasteiger partial charge in [0.25, 0.3) is 0 Å². The molecule has 0 fully saturated rings. The molecular formula is C17H20N2O5. The molecule has 1 aliphatic rings. The number of aryl methyl sites for hydroxylation is 2. The minimum Gasteiger partial charge on any atom is -0.486 e. The molecule has 0 saturated carbocycles. The van der Waals surface area contributed by atoms with Crippen molar-refractivity contribution in [1.82, 2.24) is 10.1 Å². The third-order valence-corrected chi connectivity index (χ3v) is 3.50. The first-order valence-electron chi connectivity index (χ1n) is 8.16. The van der Waals surface area contributed by atoms with Crippen LogP contribution in [0.25, 0.3) is 0 Å². The number of benzene rings is 1. The molecule has 1 aromatic carbocycles. The van der Waals surface area contributed by atoms with Gasteiger partial charge in [0.2, 0.25) is 5.89 Å². The van der Waals surface area contributed by atoms with Crippen LogP contribution in [0.2, 0.25) is 0 Å². The number of rotatable bonds is 7. The predicted molar refractivity (Wildman–Crippen MR) is 84.3 cm³/mol. The van der Waals surface area contributed by atoms with E-state index >= 15 is 0 Å². The summed E-state index contributed by atoms with van der Waals surface area (Å²) in [4.78, 5) is 16.2. The molecule has 0 bridgehead atoms. The first-order valence-corrected chi connectivity index (χ1v) is 8.16. The van der Waals surface area contributed by atoms with Crippen molar-refractivity contribution in [2.45, 2.75) is 39.0 Å². The summed E-state index contributed by atoms with van der Waals surface area (Å²) in [5, 5.41) is 3.88. The van der Waals surface area contributed by atoms with Crippen LogP contribution in [0.5, 0.6) is 17.2 Å². The summed E-state index contributed by atoms with van der Waals surface area (Å²) in [5.41, 5.74) is 0. The first kappa shape index (κ1) is 16.3. The van der Waals surface area contributed by atoms with Crippen LogP contribution in [0.1, 0.15) is 37.9 Å². The largest absolute Gasteiger partial charge is 0.486 e. The van der Waals surface area contributed by atoms with Crippen LogP contribution in [-0.4, -0.2) is 29.3 Å². The standard InChI is InChI=1S/C17H20N2O5/c1-2-4-15-18-16(24-19-15)5-3-6-17(20)23-12-7-8-13-14(11-12)22-10-9-21-13/h7-8,11H,2-6,9-10H2,1H3. The Morgan fingerprint density at radius 3 is 2.88 bits per heavy atom. The lowest BCUT2D eigenvalue weighted by atomic mass is 10.2. The number of carbonyl (C=O) groups excluding carboxylic acids is 1. The van der Waals surface area contributed by atoms with E-state index in [0.717, 1.165) is 12.8 Å². The summed E-state index contributed by atoms with van der Waals surface area (Å²) in [5.74, 6) is 2.69. The Labute approximate surface area is 139 Å². The summed E-state index contributed by atoms with van der Waals surface area (Å²) in [7, 11) is 0. The average Bonchev–Trinajstić information content (AvgIpc) is 3.02. The number of carbonyl (C=O) groups is 1. The van der Waals surface area contributed by atoms with E-state index in [1.54, 1.807) is 18.2 Å². The Morgan fingerprint density at radius 2 is 2.04 bits per heavy atom. The van der Waals surface area contributed by atoms with Gasteiger partial charge in [0.05, 0.1) is 0 Å². The van der Waals surface area contributed by atoms with Crippen molar-refractivity contribution in [2.24, 2.45) is 0 Å². The number of hydrogen-bond donors (Lipinski definition) is 0. The lowest BCUT2D eigenvalue weighted by molar-refractivity contribution is -0.134. The van der Waals surface area contributed by atoms with Gasteiger partial charge in [-0.3, -0.25) is 4.79 Å². The molecular weight excluding hydrogens is 312 g/mol. The van der Waals surface area contributed by atoms with Crippen molar-refractivity contribution in [3.8, 4) is 17.2 Å². The molecule has 0 radical (unpaired) electrons. The fraction of sp³-hybridized carbons (Fsp3) is 0.471. The van der Waals surface area contributed by atoms with E-state index in [1.807, 2.05) is 0 Å². The van der Waals surface area contributed by atoms with Crippen molar-refractivity contribution >= 4 is 5.97 Å². The second kappa shape index (κ2) is 7.81. The molecule has 1 aromatic heterocycles. The van der Waals surface area contributed by atoms with Crippen LogP contribution >= 0.6 is 0 Å². The molecule has 7 nitrogen and oxygen atoms in total. The molecule has 24 heavy (non-hydrogen) atoms. The Bertz CT molecular complexity index is 698. The van der Waals surface area contributed by atoms with Gasteiger partial charge in [-0.15, -0.1) is 0 Å². The minimum absolute atomic E-state index is 0.278. The van der Waals surface area contributed by atoms with E-state index in [9.17, 15) is 4.79 Å². The third-order valence-electron chi connectivity index (χ3n) is 3.50. The minimum atomic E-state index is -0.306. The van der Waals surface area contributed by atoms with E-state index in [1.165, 1.54) is 0 Å². The average molecular weight is 332 g/mol. The Kier molecular flexibility index (Phi) is 5.30.